The average molecular weight is 262 g/mol. The van der Waals surface area contributed by atoms with Gasteiger partial charge >= 0.3 is 7.82 Å². The molecular formula is C11H19O5P. The summed E-state index contributed by atoms with van der Waals surface area (Å²) in [4.78, 5) is 8.63. The van der Waals surface area contributed by atoms with Crippen molar-refractivity contribution in [2.24, 2.45) is 0 Å². The van der Waals surface area contributed by atoms with E-state index in [0.717, 1.165) is 5.75 Å². The van der Waals surface area contributed by atoms with Crippen molar-refractivity contribution in [2.75, 3.05) is 20.3 Å². The Morgan fingerprint density at radius 2 is 1.59 bits per heavy atom. The van der Waals surface area contributed by atoms with Crippen LogP contribution in [0.5, 0.6) is 5.75 Å². The highest BCUT2D eigenvalue weighted by Gasteiger charge is 2.17. The fraction of sp³-hybridized carbons (Fsp3) is 0.455. The number of rotatable bonds is 5. The topological polar surface area (TPSA) is 65.0 Å². The zero-order valence-corrected chi connectivity index (χ0v) is 11.2. The molecule has 0 aliphatic carbocycles. The van der Waals surface area contributed by atoms with E-state index >= 15 is 0 Å². The van der Waals surface area contributed by atoms with E-state index in [2.05, 4.69) is 9.05 Å². The second kappa shape index (κ2) is 9.19. The summed E-state index contributed by atoms with van der Waals surface area (Å²) in [7, 11) is -2.03. The molecule has 0 fully saturated rings. The molecule has 0 radical (unpaired) electrons. The van der Waals surface area contributed by atoms with Gasteiger partial charge in [0.25, 0.3) is 0 Å². The molecule has 0 aliphatic rings. The zero-order valence-electron chi connectivity index (χ0n) is 10.3. The molecule has 0 amide bonds. The van der Waals surface area contributed by atoms with Gasteiger partial charge in [0.2, 0.25) is 0 Å². The lowest BCUT2D eigenvalue weighted by molar-refractivity contribution is 0.161. The van der Waals surface area contributed by atoms with Crippen LogP contribution < -0.4 is 4.74 Å². The number of methoxy groups -OCH3 is 1. The van der Waals surface area contributed by atoms with Gasteiger partial charge in [-0.1, -0.05) is 18.2 Å². The summed E-state index contributed by atoms with van der Waals surface area (Å²) >= 11 is 0. The van der Waals surface area contributed by atoms with Crippen LogP contribution in [0.2, 0.25) is 0 Å². The van der Waals surface area contributed by atoms with Gasteiger partial charge in [-0.3, -0.25) is 9.05 Å². The standard InChI is InChI=1S/C7H8O.C4H11O4P/c1-8-7-5-3-2-4-6-7;1-3-7-9(5,6)8-4-2/h2-6H,1H3;3-4H2,1-2H3,(H,5,6). The molecule has 0 atom stereocenters. The number of hydrogen-bond acceptors (Lipinski definition) is 4. The number of para-hydroxylation sites is 1. The van der Waals surface area contributed by atoms with Gasteiger partial charge in [-0.2, -0.15) is 0 Å². The molecule has 17 heavy (non-hydrogen) atoms. The first kappa shape index (κ1) is 16.1. The maximum Gasteiger partial charge on any atom is 0.472 e. The molecule has 1 rings (SSSR count). The number of phosphoric acid groups is 1. The van der Waals surface area contributed by atoms with E-state index in [4.69, 9.17) is 9.63 Å². The van der Waals surface area contributed by atoms with E-state index in [1.165, 1.54) is 0 Å². The summed E-state index contributed by atoms with van der Waals surface area (Å²) in [5.74, 6) is 0.910. The van der Waals surface area contributed by atoms with Gasteiger partial charge in [0, 0.05) is 0 Å². The molecule has 0 saturated heterocycles. The fourth-order valence-electron chi connectivity index (χ4n) is 0.920. The Bertz CT molecular complexity index is 318. The molecular weight excluding hydrogens is 243 g/mol. The highest BCUT2D eigenvalue weighted by molar-refractivity contribution is 7.47. The normalized spacial score (nSPS) is 10.4. The van der Waals surface area contributed by atoms with Crippen LogP contribution in [0.15, 0.2) is 30.3 Å². The van der Waals surface area contributed by atoms with E-state index in [1.54, 1.807) is 21.0 Å². The predicted octanol–water partition coefficient (Wildman–Crippen LogP) is 2.86. The van der Waals surface area contributed by atoms with Crippen molar-refractivity contribution >= 4 is 7.82 Å². The third-order valence-electron chi connectivity index (χ3n) is 1.56. The molecule has 0 spiro atoms. The van der Waals surface area contributed by atoms with Crippen molar-refractivity contribution in [2.45, 2.75) is 13.8 Å². The van der Waals surface area contributed by atoms with Crippen LogP contribution in [0.4, 0.5) is 0 Å². The van der Waals surface area contributed by atoms with Gasteiger partial charge in [0.15, 0.2) is 0 Å². The van der Waals surface area contributed by atoms with Crippen molar-refractivity contribution in [1.29, 1.82) is 0 Å². The van der Waals surface area contributed by atoms with Crippen molar-refractivity contribution in [3.8, 4) is 5.75 Å². The largest absolute Gasteiger partial charge is 0.497 e. The molecule has 1 aromatic carbocycles. The molecule has 0 heterocycles. The first-order valence-electron chi connectivity index (χ1n) is 5.26. The van der Waals surface area contributed by atoms with Gasteiger partial charge in [-0.25, -0.2) is 4.57 Å². The molecule has 0 aliphatic heterocycles. The molecule has 98 valence electrons. The summed E-state index contributed by atoms with van der Waals surface area (Å²) in [5.41, 5.74) is 0. The summed E-state index contributed by atoms with van der Waals surface area (Å²) in [5, 5.41) is 0. The summed E-state index contributed by atoms with van der Waals surface area (Å²) in [6.07, 6.45) is 0. The second-order valence-corrected chi connectivity index (χ2v) is 4.27. The lowest BCUT2D eigenvalue weighted by atomic mass is 10.3. The van der Waals surface area contributed by atoms with Crippen LogP contribution in [-0.2, 0) is 13.6 Å². The smallest absolute Gasteiger partial charge is 0.472 e. The Labute approximate surface area is 102 Å². The van der Waals surface area contributed by atoms with Gasteiger partial charge in [-0.15, -0.1) is 0 Å². The summed E-state index contributed by atoms with van der Waals surface area (Å²) < 4.78 is 24.2. The predicted molar refractivity (Wildman–Crippen MR) is 66.1 cm³/mol. The summed E-state index contributed by atoms with van der Waals surface area (Å²) in [6.45, 7) is 3.63. The van der Waals surface area contributed by atoms with Gasteiger partial charge in [-0.05, 0) is 26.0 Å². The number of ether oxygens (including phenoxy) is 1. The third kappa shape index (κ3) is 8.89. The minimum Gasteiger partial charge on any atom is -0.497 e. The maximum atomic E-state index is 10.5. The molecule has 1 aromatic rings. The fourth-order valence-corrected chi connectivity index (χ4v) is 1.65. The molecule has 0 unspecified atom stereocenters. The lowest BCUT2D eigenvalue weighted by Gasteiger charge is -2.07. The van der Waals surface area contributed by atoms with E-state index in [9.17, 15) is 4.57 Å². The molecule has 0 saturated carbocycles. The first-order chi connectivity index (χ1) is 8.05. The quantitative estimate of drug-likeness (QED) is 0.826. The highest BCUT2D eigenvalue weighted by Crippen LogP contribution is 2.42. The van der Waals surface area contributed by atoms with E-state index in [1.807, 2.05) is 30.3 Å². The van der Waals surface area contributed by atoms with Crippen molar-refractivity contribution in [3.05, 3.63) is 30.3 Å². The average Bonchev–Trinajstić information content (AvgIpc) is 2.31. The van der Waals surface area contributed by atoms with Crippen LogP contribution in [0.25, 0.3) is 0 Å². The van der Waals surface area contributed by atoms with Crippen molar-refractivity contribution < 1.29 is 23.2 Å². The Morgan fingerprint density at radius 3 is 1.88 bits per heavy atom. The van der Waals surface area contributed by atoms with Crippen LogP contribution in [0.1, 0.15) is 13.8 Å². The van der Waals surface area contributed by atoms with Crippen LogP contribution >= 0.6 is 7.82 Å². The maximum absolute atomic E-state index is 10.5. The Morgan fingerprint density at radius 1 is 1.12 bits per heavy atom. The molecule has 0 bridgehead atoms. The molecule has 0 aromatic heterocycles. The Balaban J connectivity index is 0.000000302. The Hall–Kier alpha value is -0.870. The highest BCUT2D eigenvalue weighted by atomic mass is 31.2. The van der Waals surface area contributed by atoms with Crippen LogP contribution in [0.3, 0.4) is 0 Å². The number of hydrogen-bond donors (Lipinski definition) is 1. The lowest BCUT2D eigenvalue weighted by Crippen LogP contribution is -1.93. The van der Waals surface area contributed by atoms with Crippen LogP contribution in [-0.4, -0.2) is 25.2 Å². The minimum absolute atomic E-state index is 0.188. The van der Waals surface area contributed by atoms with Crippen molar-refractivity contribution in [3.63, 3.8) is 0 Å². The zero-order chi connectivity index (χ0) is 13.1. The molecule has 6 heteroatoms. The third-order valence-corrected chi connectivity index (χ3v) is 2.73. The van der Waals surface area contributed by atoms with Gasteiger partial charge in [0.1, 0.15) is 5.75 Å². The van der Waals surface area contributed by atoms with E-state index in [0.29, 0.717) is 0 Å². The molecule has 1 N–H and O–H groups in total. The van der Waals surface area contributed by atoms with Gasteiger partial charge < -0.3 is 9.63 Å². The second-order valence-electron chi connectivity index (χ2n) is 2.82. The van der Waals surface area contributed by atoms with E-state index in [-0.39, 0.29) is 13.2 Å². The van der Waals surface area contributed by atoms with Gasteiger partial charge in [0.05, 0.1) is 20.3 Å². The van der Waals surface area contributed by atoms with E-state index < -0.39 is 7.82 Å². The summed E-state index contributed by atoms with van der Waals surface area (Å²) in [6, 6.07) is 9.68. The first-order valence-corrected chi connectivity index (χ1v) is 6.76. The van der Waals surface area contributed by atoms with Crippen LogP contribution in [0, 0.1) is 0 Å². The monoisotopic (exact) mass is 262 g/mol. The minimum atomic E-state index is -3.69. The van der Waals surface area contributed by atoms with Crippen molar-refractivity contribution in [1.82, 2.24) is 0 Å². The SMILES string of the molecule is CCOP(=O)(O)OCC.COc1ccccc1. The molecule has 5 nitrogen and oxygen atoms in total. The number of benzene rings is 1. The Kier molecular flexibility index (Phi) is 8.72. The number of phosphoric ester groups is 1.